The van der Waals surface area contributed by atoms with Crippen molar-refractivity contribution in [3.63, 3.8) is 0 Å². The number of hydrogen-bond donors (Lipinski definition) is 1. The van der Waals surface area contributed by atoms with Crippen LogP contribution < -0.4 is 10.3 Å². The first kappa shape index (κ1) is 21.8. The Labute approximate surface area is 190 Å². The lowest BCUT2D eigenvalue weighted by molar-refractivity contribution is 0.0951. The molecule has 1 N–H and O–H groups in total. The van der Waals surface area contributed by atoms with Gasteiger partial charge in [0, 0.05) is 37.3 Å². The Morgan fingerprint density at radius 3 is 2.38 bits per heavy atom. The maximum absolute atomic E-state index is 12.7. The standard InChI is InChI=1S/C27H30N4O/c1-20-16-17-31(29-20)25-14-12-23(13-15-25)27(32)28-18-24-6-4-5-7-26(24)22-10-8-21(9-11-22)19-30(2)3/h4-15H,16-19H2,1-3H3,(H,28,32). The molecule has 1 aliphatic rings. The van der Waals surface area contributed by atoms with E-state index in [0.29, 0.717) is 12.1 Å². The van der Waals surface area contributed by atoms with E-state index in [-0.39, 0.29) is 5.91 Å². The van der Waals surface area contributed by atoms with Crippen LogP contribution in [0.3, 0.4) is 0 Å². The summed E-state index contributed by atoms with van der Waals surface area (Å²) >= 11 is 0. The third-order valence-electron chi connectivity index (χ3n) is 5.62. The van der Waals surface area contributed by atoms with Gasteiger partial charge in [0.1, 0.15) is 0 Å². The summed E-state index contributed by atoms with van der Waals surface area (Å²) in [5.41, 5.74) is 7.48. The zero-order valence-corrected chi connectivity index (χ0v) is 19.0. The van der Waals surface area contributed by atoms with Crippen molar-refractivity contribution in [1.29, 1.82) is 0 Å². The number of benzene rings is 3. The third-order valence-corrected chi connectivity index (χ3v) is 5.62. The molecular formula is C27H30N4O. The van der Waals surface area contributed by atoms with Crippen LogP contribution in [0.15, 0.2) is 77.9 Å². The van der Waals surface area contributed by atoms with Crippen LogP contribution in [0, 0.1) is 0 Å². The highest BCUT2D eigenvalue weighted by Gasteiger charge is 2.14. The fourth-order valence-electron chi connectivity index (χ4n) is 3.93. The average molecular weight is 427 g/mol. The average Bonchev–Trinajstić information content (AvgIpc) is 3.24. The fraction of sp³-hybridized carbons (Fsp3) is 0.259. The molecule has 32 heavy (non-hydrogen) atoms. The maximum atomic E-state index is 12.7. The lowest BCUT2D eigenvalue weighted by Gasteiger charge is -2.15. The van der Waals surface area contributed by atoms with Gasteiger partial charge in [0.25, 0.3) is 5.91 Å². The van der Waals surface area contributed by atoms with Crippen molar-refractivity contribution in [3.8, 4) is 11.1 Å². The van der Waals surface area contributed by atoms with E-state index in [9.17, 15) is 4.79 Å². The van der Waals surface area contributed by atoms with Gasteiger partial charge in [0.15, 0.2) is 0 Å². The molecule has 4 rings (SSSR count). The predicted molar refractivity (Wildman–Crippen MR) is 132 cm³/mol. The Kier molecular flexibility index (Phi) is 6.66. The van der Waals surface area contributed by atoms with Crippen LogP contribution in [0.25, 0.3) is 11.1 Å². The maximum Gasteiger partial charge on any atom is 0.251 e. The van der Waals surface area contributed by atoms with Gasteiger partial charge in [-0.15, -0.1) is 0 Å². The summed E-state index contributed by atoms with van der Waals surface area (Å²) in [7, 11) is 4.14. The summed E-state index contributed by atoms with van der Waals surface area (Å²) < 4.78 is 0. The van der Waals surface area contributed by atoms with Crippen molar-refractivity contribution < 1.29 is 4.79 Å². The van der Waals surface area contributed by atoms with Gasteiger partial charge in [-0.3, -0.25) is 9.80 Å². The molecule has 0 unspecified atom stereocenters. The van der Waals surface area contributed by atoms with E-state index in [1.807, 2.05) is 48.3 Å². The summed E-state index contributed by atoms with van der Waals surface area (Å²) in [5, 5.41) is 9.57. The molecule has 5 nitrogen and oxygen atoms in total. The number of nitrogens with one attached hydrogen (secondary N) is 1. The van der Waals surface area contributed by atoms with Crippen LogP contribution in [0.1, 0.15) is 34.8 Å². The van der Waals surface area contributed by atoms with Crippen molar-refractivity contribution >= 4 is 17.3 Å². The van der Waals surface area contributed by atoms with Crippen LogP contribution in [0.4, 0.5) is 5.69 Å². The lowest BCUT2D eigenvalue weighted by Crippen LogP contribution is -2.23. The first-order valence-corrected chi connectivity index (χ1v) is 11.0. The van der Waals surface area contributed by atoms with Crippen LogP contribution in [0.5, 0.6) is 0 Å². The van der Waals surface area contributed by atoms with Crippen molar-refractivity contribution in [3.05, 3.63) is 89.5 Å². The first-order chi connectivity index (χ1) is 15.5. The molecular weight excluding hydrogens is 396 g/mol. The van der Waals surface area contributed by atoms with Crippen LogP contribution in [-0.2, 0) is 13.1 Å². The monoisotopic (exact) mass is 426 g/mol. The molecule has 3 aromatic carbocycles. The number of rotatable bonds is 7. The van der Waals surface area contributed by atoms with Crippen LogP contribution in [0.2, 0.25) is 0 Å². The molecule has 0 fully saturated rings. The molecule has 5 heteroatoms. The van der Waals surface area contributed by atoms with Gasteiger partial charge in [-0.2, -0.15) is 5.10 Å². The van der Waals surface area contributed by atoms with E-state index in [2.05, 4.69) is 65.8 Å². The number of hydrazone groups is 1. The number of carbonyl (C=O) groups is 1. The van der Waals surface area contributed by atoms with E-state index in [1.165, 1.54) is 5.56 Å². The van der Waals surface area contributed by atoms with Gasteiger partial charge in [-0.05, 0) is 67.5 Å². The molecule has 0 saturated carbocycles. The number of amides is 1. The minimum atomic E-state index is -0.0752. The van der Waals surface area contributed by atoms with Gasteiger partial charge in [0.05, 0.1) is 5.69 Å². The summed E-state index contributed by atoms with van der Waals surface area (Å²) in [5.74, 6) is -0.0752. The number of carbonyl (C=O) groups excluding carboxylic acids is 1. The molecule has 0 atom stereocenters. The Bertz CT molecular complexity index is 1100. The topological polar surface area (TPSA) is 47.9 Å². The van der Waals surface area contributed by atoms with Crippen molar-refractivity contribution in [2.75, 3.05) is 25.6 Å². The zero-order chi connectivity index (χ0) is 22.5. The summed E-state index contributed by atoms with van der Waals surface area (Å²) in [6.45, 7) is 4.33. The molecule has 164 valence electrons. The van der Waals surface area contributed by atoms with Gasteiger partial charge >= 0.3 is 0 Å². The van der Waals surface area contributed by atoms with Gasteiger partial charge in [-0.1, -0.05) is 48.5 Å². The quantitative estimate of drug-likeness (QED) is 0.583. The predicted octanol–water partition coefficient (Wildman–Crippen LogP) is 4.93. The Morgan fingerprint density at radius 2 is 1.72 bits per heavy atom. The van der Waals surface area contributed by atoms with Crippen LogP contribution >= 0.6 is 0 Å². The molecule has 0 aromatic heterocycles. The van der Waals surface area contributed by atoms with Gasteiger partial charge in [0.2, 0.25) is 0 Å². The van der Waals surface area contributed by atoms with Crippen LogP contribution in [-0.4, -0.2) is 37.2 Å². The smallest absolute Gasteiger partial charge is 0.251 e. The van der Waals surface area contributed by atoms with Crippen molar-refractivity contribution in [2.45, 2.75) is 26.4 Å². The molecule has 0 aliphatic carbocycles. The SMILES string of the molecule is CC1=NN(c2ccc(C(=O)NCc3ccccc3-c3ccc(CN(C)C)cc3)cc2)CC1. The number of hydrogen-bond acceptors (Lipinski definition) is 4. The molecule has 3 aromatic rings. The fourth-order valence-corrected chi connectivity index (χ4v) is 3.93. The Morgan fingerprint density at radius 1 is 1.00 bits per heavy atom. The second kappa shape index (κ2) is 9.79. The summed E-state index contributed by atoms with van der Waals surface area (Å²) in [6.07, 6.45) is 0.986. The van der Waals surface area contributed by atoms with E-state index < -0.39 is 0 Å². The van der Waals surface area contributed by atoms with Gasteiger partial charge in [-0.25, -0.2) is 0 Å². The molecule has 1 aliphatic heterocycles. The molecule has 1 amide bonds. The molecule has 0 saturated heterocycles. The largest absolute Gasteiger partial charge is 0.348 e. The highest BCUT2D eigenvalue weighted by atomic mass is 16.1. The lowest BCUT2D eigenvalue weighted by atomic mass is 9.98. The second-order valence-electron chi connectivity index (χ2n) is 8.53. The summed E-state index contributed by atoms with van der Waals surface area (Å²) in [4.78, 5) is 14.9. The van der Waals surface area contributed by atoms with E-state index in [4.69, 9.17) is 0 Å². The van der Waals surface area contributed by atoms with Gasteiger partial charge < -0.3 is 10.2 Å². The highest BCUT2D eigenvalue weighted by Crippen LogP contribution is 2.25. The highest BCUT2D eigenvalue weighted by molar-refractivity contribution is 5.94. The third kappa shape index (κ3) is 5.24. The van der Waals surface area contributed by atoms with E-state index in [1.54, 1.807) is 0 Å². The molecule has 0 spiro atoms. The van der Waals surface area contributed by atoms with Crippen molar-refractivity contribution in [2.24, 2.45) is 5.10 Å². The zero-order valence-electron chi connectivity index (χ0n) is 19.0. The second-order valence-corrected chi connectivity index (χ2v) is 8.53. The Balaban J connectivity index is 1.42. The molecule has 0 bridgehead atoms. The first-order valence-electron chi connectivity index (χ1n) is 11.0. The Hall–Kier alpha value is -3.44. The summed E-state index contributed by atoms with van der Waals surface area (Å²) in [6, 6.07) is 24.5. The molecule has 0 radical (unpaired) electrons. The molecule has 1 heterocycles. The van der Waals surface area contributed by atoms with E-state index >= 15 is 0 Å². The number of nitrogens with zero attached hydrogens (tertiary/aromatic N) is 3. The van der Waals surface area contributed by atoms with E-state index in [0.717, 1.165) is 47.6 Å². The van der Waals surface area contributed by atoms with Crippen molar-refractivity contribution in [1.82, 2.24) is 10.2 Å². The normalized spacial score (nSPS) is 13.4. The minimum Gasteiger partial charge on any atom is -0.348 e. The minimum absolute atomic E-state index is 0.0752. The number of anilines is 1.